The highest BCUT2D eigenvalue weighted by Gasteiger charge is 2.25. The summed E-state index contributed by atoms with van der Waals surface area (Å²) in [5.74, 6) is -5.94. The fourth-order valence-corrected chi connectivity index (χ4v) is 2.19. The van der Waals surface area contributed by atoms with Crippen LogP contribution in [0.4, 0.5) is 22.7 Å². The quantitative estimate of drug-likeness (QED) is 0.122. The summed E-state index contributed by atoms with van der Waals surface area (Å²) in [6.07, 6.45) is -2.35. The molecule has 182 valence electrons. The second-order valence-electron chi connectivity index (χ2n) is 6.14. The van der Waals surface area contributed by atoms with Crippen LogP contribution < -0.4 is 10.9 Å². The second kappa shape index (κ2) is 12.0. The van der Waals surface area contributed by atoms with E-state index in [1.54, 1.807) is 0 Å². The molecule has 0 radical (unpaired) electrons. The van der Waals surface area contributed by atoms with Gasteiger partial charge < -0.3 is 20.4 Å². The molecule has 0 aliphatic carbocycles. The summed E-state index contributed by atoms with van der Waals surface area (Å²) in [7, 11) is 0. The first-order valence-corrected chi connectivity index (χ1v) is 8.85. The summed E-state index contributed by atoms with van der Waals surface area (Å²) in [4.78, 5) is 64.2. The molecule has 0 unspecified atom stereocenters. The zero-order chi connectivity index (χ0) is 26.0. The Kier molecular flexibility index (Phi) is 9.50. The van der Waals surface area contributed by atoms with Gasteiger partial charge in [-0.2, -0.15) is 10.2 Å². The largest absolute Gasteiger partial charge is 0.481 e. The van der Waals surface area contributed by atoms with Crippen LogP contribution in [0.15, 0.2) is 22.3 Å². The molecule has 0 aliphatic heterocycles. The van der Waals surface area contributed by atoms with Gasteiger partial charge >= 0.3 is 35.3 Å². The maximum atomic E-state index is 11.3. The van der Waals surface area contributed by atoms with Crippen molar-refractivity contribution >= 4 is 58.1 Å². The van der Waals surface area contributed by atoms with Crippen molar-refractivity contribution in [2.24, 2.45) is 10.2 Å². The Bertz CT molecular complexity index is 1010. The third-order valence-corrected chi connectivity index (χ3v) is 3.78. The van der Waals surface area contributed by atoms with E-state index in [4.69, 9.17) is 20.4 Å². The Hall–Kier alpha value is -5.16. The van der Waals surface area contributed by atoms with Crippen LogP contribution >= 0.6 is 0 Å². The number of nitro groups is 2. The van der Waals surface area contributed by atoms with E-state index in [-0.39, 0.29) is 0 Å². The van der Waals surface area contributed by atoms with Gasteiger partial charge in [-0.15, -0.1) is 0 Å². The van der Waals surface area contributed by atoms with E-state index in [1.165, 1.54) is 0 Å². The average molecular weight is 484 g/mol. The van der Waals surface area contributed by atoms with Crippen LogP contribution in [0.1, 0.15) is 25.7 Å². The lowest BCUT2D eigenvalue weighted by molar-refractivity contribution is -0.393. The van der Waals surface area contributed by atoms with E-state index in [2.05, 4.69) is 10.2 Å². The zero-order valence-electron chi connectivity index (χ0n) is 16.8. The molecule has 0 saturated heterocycles. The Balaban J connectivity index is 3.46. The summed E-state index contributed by atoms with van der Waals surface area (Å²) in [5, 5.41) is 64.9. The van der Waals surface area contributed by atoms with Crippen LogP contribution in [-0.4, -0.2) is 65.6 Å². The molecule has 18 heteroatoms. The van der Waals surface area contributed by atoms with Crippen LogP contribution in [0.25, 0.3) is 0 Å². The number of carbonyl (C=O) groups is 4. The van der Waals surface area contributed by atoms with Crippen molar-refractivity contribution in [3.63, 3.8) is 0 Å². The minimum atomic E-state index is -1.63. The fraction of sp³-hybridized carbons (Fsp3) is 0.250. The van der Waals surface area contributed by atoms with Crippen molar-refractivity contribution in [2.75, 3.05) is 10.9 Å². The van der Waals surface area contributed by atoms with Gasteiger partial charge in [0.25, 0.3) is 0 Å². The van der Waals surface area contributed by atoms with Crippen LogP contribution in [-0.2, 0) is 19.2 Å². The smallest absolute Gasteiger partial charge is 0.352 e. The molecule has 0 heterocycles. The van der Waals surface area contributed by atoms with Gasteiger partial charge in [0.05, 0.1) is 28.8 Å². The number of nitro benzene ring substituents is 2. The van der Waals surface area contributed by atoms with E-state index >= 15 is 0 Å². The lowest BCUT2D eigenvalue weighted by atomic mass is 10.2. The molecule has 34 heavy (non-hydrogen) atoms. The predicted molar refractivity (Wildman–Crippen MR) is 111 cm³/mol. The molecule has 1 aromatic rings. The Morgan fingerprint density at radius 2 is 1.06 bits per heavy atom. The van der Waals surface area contributed by atoms with Crippen molar-refractivity contribution in [3.8, 4) is 0 Å². The fourth-order valence-electron chi connectivity index (χ4n) is 2.19. The highest BCUT2D eigenvalue weighted by molar-refractivity contribution is 6.36. The predicted octanol–water partition coefficient (Wildman–Crippen LogP) is 0.938. The number of rotatable bonds is 14. The van der Waals surface area contributed by atoms with Crippen molar-refractivity contribution in [1.29, 1.82) is 0 Å². The summed E-state index contributed by atoms with van der Waals surface area (Å²) in [6.45, 7) is 0. The normalized spacial score (nSPS) is 11.4. The molecule has 0 aliphatic rings. The molecule has 1 aromatic carbocycles. The monoisotopic (exact) mass is 484 g/mol. The number of anilines is 2. The lowest BCUT2D eigenvalue weighted by Crippen LogP contribution is -2.17. The third-order valence-electron chi connectivity index (χ3n) is 3.78. The molecule has 0 amide bonds. The molecule has 0 aromatic heterocycles. The van der Waals surface area contributed by atoms with E-state index in [9.17, 15) is 39.4 Å². The Morgan fingerprint density at radius 3 is 1.32 bits per heavy atom. The molecular weight excluding hydrogens is 468 g/mol. The Morgan fingerprint density at radius 1 is 0.706 bits per heavy atom. The minimum absolute atomic E-state index is 0.463. The van der Waals surface area contributed by atoms with Crippen LogP contribution in [0.3, 0.4) is 0 Å². The second-order valence-corrected chi connectivity index (χ2v) is 6.14. The maximum Gasteiger partial charge on any atom is 0.352 e. The molecule has 0 bridgehead atoms. The van der Waals surface area contributed by atoms with E-state index in [1.807, 2.05) is 10.9 Å². The SMILES string of the molecule is O=C(O)CCC(=NNc1cc(NN=C(CCC(=O)O)C(=O)O)c([N+](=O)[O-])cc1[N+](=O)[O-])C(=O)O. The highest BCUT2D eigenvalue weighted by atomic mass is 16.6. The van der Waals surface area contributed by atoms with Gasteiger partial charge in [-0.1, -0.05) is 0 Å². The van der Waals surface area contributed by atoms with Gasteiger partial charge in [0.15, 0.2) is 0 Å². The summed E-state index contributed by atoms with van der Waals surface area (Å²) < 4.78 is 0. The van der Waals surface area contributed by atoms with Gasteiger partial charge in [-0.3, -0.25) is 40.7 Å². The summed E-state index contributed by atoms with van der Waals surface area (Å²) in [5.41, 5.74) is -0.384. The van der Waals surface area contributed by atoms with Crippen molar-refractivity contribution in [1.82, 2.24) is 0 Å². The number of hydrogen-bond donors (Lipinski definition) is 6. The van der Waals surface area contributed by atoms with Crippen LogP contribution in [0.2, 0.25) is 0 Å². The first-order chi connectivity index (χ1) is 15.8. The number of nitrogens with one attached hydrogen (secondary N) is 2. The van der Waals surface area contributed by atoms with Crippen molar-refractivity contribution in [3.05, 3.63) is 32.4 Å². The van der Waals surface area contributed by atoms with Gasteiger partial charge in [-0.25, -0.2) is 9.59 Å². The number of hydrogen-bond acceptors (Lipinski definition) is 12. The molecule has 18 nitrogen and oxygen atoms in total. The highest BCUT2D eigenvalue weighted by Crippen LogP contribution is 2.36. The lowest BCUT2D eigenvalue weighted by Gasteiger charge is -2.08. The van der Waals surface area contributed by atoms with Gasteiger partial charge in [0, 0.05) is 18.9 Å². The summed E-state index contributed by atoms with van der Waals surface area (Å²) in [6, 6.07) is 1.18. The molecule has 0 fully saturated rings. The topological polar surface area (TPSA) is 284 Å². The number of aliphatic carboxylic acids is 4. The third kappa shape index (κ3) is 8.17. The van der Waals surface area contributed by atoms with Crippen LogP contribution in [0, 0.1) is 20.2 Å². The van der Waals surface area contributed by atoms with E-state index in [0.717, 1.165) is 6.07 Å². The van der Waals surface area contributed by atoms with Gasteiger partial charge in [0.1, 0.15) is 22.8 Å². The van der Waals surface area contributed by atoms with Crippen molar-refractivity contribution < 1.29 is 49.5 Å². The molecular formula is C16H16N6O12. The molecule has 1 rings (SSSR count). The molecule has 0 spiro atoms. The van der Waals surface area contributed by atoms with Crippen molar-refractivity contribution in [2.45, 2.75) is 25.7 Å². The number of hydrazone groups is 2. The first kappa shape index (κ1) is 26.9. The standard InChI is InChI=1S/C16H16N6O12/c23-13(24)3-1-7(15(27)28)17-19-9-5-10(12(22(33)34)6-11(9)21(31)32)20-18-8(16(29)30)2-4-14(25)26/h5-6,19-20H,1-4H2,(H,23,24)(H,25,26)(H,27,28)(H,29,30). The molecule has 0 saturated carbocycles. The summed E-state index contributed by atoms with van der Waals surface area (Å²) >= 11 is 0. The molecule has 0 atom stereocenters. The average Bonchev–Trinajstić information content (AvgIpc) is 2.72. The van der Waals surface area contributed by atoms with E-state index < -0.39 is 93.6 Å². The number of nitrogens with zero attached hydrogens (tertiary/aromatic N) is 4. The number of benzene rings is 1. The Labute approximate surface area is 187 Å². The molecule has 6 N–H and O–H groups in total. The maximum absolute atomic E-state index is 11.3. The van der Waals surface area contributed by atoms with Gasteiger partial charge in [-0.05, 0) is 0 Å². The first-order valence-electron chi connectivity index (χ1n) is 8.85. The van der Waals surface area contributed by atoms with Crippen LogP contribution in [0.5, 0.6) is 0 Å². The number of carboxylic acid groups (broad SMARTS) is 4. The van der Waals surface area contributed by atoms with E-state index in [0.29, 0.717) is 6.07 Å². The van der Waals surface area contributed by atoms with Gasteiger partial charge in [0.2, 0.25) is 0 Å². The minimum Gasteiger partial charge on any atom is -0.481 e. The zero-order valence-corrected chi connectivity index (χ0v) is 16.8. The number of carboxylic acids is 4.